The minimum absolute atomic E-state index is 0. The second-order valence-electron chi connectivity index (χ2n) is 0.491. The summed E-state index contributed by atoms with van der Waals surface area (Å²) >= 11 is 0. The molecule has 0 rings (SSSR count). The molecule has 0 saturated heterocycles. The number of hydrogen-bond donors (Lipinski definition) is 2. The molecule has 0 aliphatic carbocycles. The zero-order chi connectivity index (χ0) is 4.50. The first-order valence-corrected chi connectivity index (χ1v) is 2.30. The first-order valence-electron chi connectivity index (χ1n) is 0.765. The summed E-state index contributed by atoms with van der Waals surface area (Å²) in [6, 6.07) is 0. The van der Waals surface area contributed by atoms with E-state index in [1.54, 1.807) is 0 Å². The Morgan fingerprint density at radius 2 is 1.38 bits per heavy atom. The van der Waals surface area contributed by atoms with Crippen LogP contribution in [0.25, 0.3) is 0 Å². The van der Waals surface area contributed by atoms with Crippen molar-refractivity contribution in [2.75, 3.05) is 0 Å². The summed E-state index contributed by atoms with van der Waals surface area (Å²) in [5, 5.41) is 0. The molecule has 8 heavy (non-hydrogen) atoms. The first-order chi connectivity index (χ1) is 2.00. The maximum atomic E-state index is 8.77. The first kappa shape index (κ1) is 22.9. The van der Waals surface area contributed by atoms with Crippen molar-refractivity contribution < 1.29 is 60.7 Å². The summed E-state index contributed by atoms with van der Waals surface area (Å²) < 4.78 is 8.77. The van der Waals surface area contributed by atoms with Gasteiger partial charge in [0.15, 0.2) is 0 Å². The predicted molar refractivity (Wildman–Crippen MR) is 12.7 cm³/mol. The van der Waals surface area contributed by atoms with Gasteiger partial charge in [-0.1, -0.05) is 0 Å². The van der Waals surface area contributed by atoms with Crippen molar-refractivity contribution in [3.05, 3.63) is 0 Å². The van der Waals surface area contributed by atoms with Crippen LogP contribution < -0.4 is 23.8 Å². The van der Waals surface area contributed by atoms with Gasteiger partial charge in [0.05, 0.1) is 0 Å². The molecule has 0 amide bonds. The van der Waals surface area contributed by atoms with Crippen molar-refractivity contribution in [3.63, 3.8) is 0 Å². The topological polar surface area (TPSA) is 109 Å². The Labute approximate surface area is 68.7 Å². The quantitative estimate of drug-likeness (QED) is 0.285. The Hall–Kier alpha value is 1.19. The van der Waals surface area contributed by atoms with Gasteiger partial charge in [0.1, 0.15) is 0 Å². The molecule has 0 radical (unpaired) electrons. The molecule has 0 bridgehead atoms. The Morgan fingerprint density at radius 3 is 1.38 bits per heavy atom. The summed E-state index contributed by atoms with van der Waals surface area (Å²) in [6.45, 7) is 0. The average Bonchev–Trinajstić information content (AvgIpc) is 0.722. The van der Waals surface area contributed by atoms with Gasteiger partial charge in [-0.15, -0.1) is 0 Å². The summed E-state index contributed by atoms with van der Waals surface area (Å²) in [5.41, 5.74) is 0. The van der Waals surface area contributed by atoms with Crippen LogP contribution in [-0.4, -0.2) is 9.79 Å². The van der Waals surface area contributed by atoms with Crippen LogP contribution in [0.4, 0.5) is 0 Å². The second kappa shape index (κ2) is 8.19. The van der Waals surface area contributed by atoms with Gasteiger partial charge in [0.25, 0.3) is 7.82 Å². The van der Waals surface area contributed by atoms with Gasteiger partial charge in [-0.3, -0.25) is 4.57 Å². The zero-order valence-corrected chi connectivity index (χ0v) is 5.92. The van der Waals surface area contributed by atoms with Crippen LogP contribution >= 0.6 is 7.82 Å². The Balaban J connectivity index is -0.0000000267. The van der Waals surface area contributed by atoms with Crippen LogP contribution in [0.2, 0.25) is 0 Å². The fourth-order valence-corrected chi connectivity index (χ4v) is 0. The van der Waals surface area contributed by atoms with E-state index in [1.807, 2.05) is 0 Å². The zero-order valence-electron chi connectivity index (χ0n) is 3.92. The predicted octanol–water partition coefficient (Wildman–Crippen LogP) is -4.68. The SMILES string of the molecule is O=P([O-])(O)O.[Fe+2].[Li+].[O-2]. The van der Waals surface area contributed by atoms with Crippen LogP contribution in [0.5, 0.6) is 0 Å². The summed E-state index contributed by atoms with van der Waals surface area (Å²) in [4.78, 5) is 22.9. The van der Waals surface area contributed by atoms with Crippen molar-refractivity contribution in [1.29, 1.82) is 0 Å². The van der Waals surface area contributed by atoms with E-state index in [9.17, 15) is 0 Å². The molecule has 5 nitrogen and oxygen atoms in total. The maximum absolute atomic E-state index is 8.77. The van der Waals surface area contributed by atoms with E-state index in [0.29, 0.717) is 0 Å². The van der Waals surface area contributed by atoms with Crippen molar-refractivity contribution in [2.24, 2.45) is 0 Å². The van der Waals surface area contributed by atoms with Crippen LogP contribution in [0.15, 0.2) is 0 Å². The van der Waals surface area contributed by atoms with Gasteiger partial charge >= 0.3 is 35.9 Å². The smallest absolute Gasteiger partial charge is 2.00 e. The Bertz CT molecular complexity index is 58.6. The van der Waals surface area contributed by atoms with E-state index in [-0.39, 0.29) is 41.4 Å². The van der Waals surface area contributed by atoms with Gasteiger partial charge in [-0.2, -0.15) is 0 Å². The molecular formula is H2FeLiO5P. The minimum atomic E-state index is -4.89. The van der Waals surface area contributed by atoms with Gasteiger partial charge < -0.3 is 20.2 Å². The molecule has 8 heteroatoms. The van der Waals surface area contributed by atoms with Crippen molar-refractivity contribution in [1.82, 2.24) is 0 Å². The molecule has 0 aliphatic heterocycles. The molecule has 0 spiro atoms. The standard InChI is InChI=1S/Fe.Li.H3O4P.O/c;;1-5(2,3)4;/h;;(H3,1,2,3,4);/q+2;+1;;-2/p-1. The molecule has 0 saturated carbocycles. The van der Waals surface area contributed by atoms with Gasteiger partial charge in [0.2, 0.25) is 0 Å². The van der Waals surface area contributed by atoms with Crippen LogP contribution in [-0.2, 0) is 27.1 Å². The molecule has 0 aliphatic rings. The largest absolute Gasteiger partial charge is 2.00 e. The number of rotatable bonds is 0. The van der Waals surface area contributed by atoms with E-state index < -0.39 is 7.82 Å². The molecule has 0 aromatic rings. The Morgan fingerprint density at radius 1 is 1.38 bits per heavy atom. The van der Waals surface area contributed by atoms with E-state index in [0.717, 1.165) is 0 Å². The van der Waals surface area contributed by atoms with Crippen molar-refractivity contribution >= 4 is 7.82 Å². The minimum Gasteiger partial charge on any atom is -2.00 e. The van der Waals surface area contributed by atoms with Crippen molar-refractivity contribution in [2.45, 2.75) is 0 Å². The summed E-state index contributed by atoms with van der Waals surface area (Å²) in [5.74, 6) is 0. The second-order valence-corrected chi connectivity index (χ2v) is 1.47. The molecule has 0 heterocycles. The fourth-order valence-electron chi connectivity index (χ4n) is 0. The fraction of sp³-hybridized carbons (Fsp3) is 0. The third-order valence-electron chi connectivity index (χ3n) is 0. The normalized spacial score (nSPS) is 7.38. The maximum Gasteiger partial charge on any atom is 2.00 e. The monoisotopic (exact) mass is 176 g/mol. The number of hydrogen-bond acceptors (Lipinski definition) is 2. The molecule has 2 N–H and O–H groups in total. The number of phosphoric acid groups is 1. The third-order valence-corrected chi connectivity index (χ3v) is 0. The molecule has 0 aromatic heterocycles. The van der Waals surface area contributed by atoms with Crippen LogP contribution in [0, 0.1) is 0 Å². The van der Waals surface area contributed by atoms with Crippen LogP contribution in [0.3, 0.4) is 0 Å². The van der Waals surface area contributed by atoms with E-state index >= 15 is 0 Å². The van der Waals surface area contributed by atoms with E-state index in [1.165, 1.54) is 0 Å². The molecule has 0 atom stereocenters. The molecule has 0 fully saturated rings. The van der Waals surface area contributed by atoms with Crippen LogP contribution in [0.1, 0.15) is 0 Å². The Kier molecular flexibility index (Phi) is 23.4. The molecule has 46 valence electrons. The molecule has 0 unspecified atom stereocenters. The third kappa shape index (κ3) is 195. The van der Waals surface area contributed by atoms with Gasteiger partial charge in [-0.05, 0) is 0 Å². The van der Waals surface area contributed by atoms with Gasteiger partial charge in [0, 0.05) is 0 Å². The molecule has 0 aromatic carbocycles. The van der Waals surface area contributed by atoms with E-state index in [2.05, 4.69) is 0 Å². The summed E-state index contributed by atoms with van der Waals surface area (Å²) in [6.07, 6.45) is 0. The molecular weight excluding hydrogens is 174 g/mol. The summed E-state index contributed by atoms with van der Waals surface area (Å²) in [7, 11) is -4.89. The van der Waals surface area contributed by atoms with Crippen molar-refractivity contribution in [3.8, 4) is 0 Å². The van der Waals surface area contributed by atoms with E-state index in [4.69, 9.17) is 19.2 Å². The average molecular weight is 176 g/mol. The van der Waals surface area contributed by atoms with Gasteiger partial charge in [-0.25, -0.2) is 0 Å².